The van der Waals surface area contributed by atoms with Crippen molar-refractivity contribution in [1.29, 1.82) is 0 Å². The summed E-state index contributed by atoms with van der Waals surface area (Å²) in [5, 5.41) is 7.85. The van der Waals surface area contributed by atoms with Gasteiger partial charge in [0.1, 0.15) is 0 Å². The van der Waals surface area contributed by atoms with E-state index in [2.05, 4.69) is 15.6 Å². The molecule has 0 saturated carbocycles. The summed E-state index contributed by atoms with van der Waals surface area (Å²) < 4.78 is 1.11. The van der Waals surface area contributed by atoms with Gasteiger partial charge in [-0.2, -0.15) is 0 Å². The van der Waals surface area contributed by atoms with E-state index in [9.17, 15) is 4.79 Å². The number of fused-ring (bicyclic) bond motifs is 1. The molecule has 1 aromatic carbocycles. The lowest BCUT2D eigenvalue weighted by Gasteiger charge is -2.23. The molecule has 1 aliphatic heterocycles. The topological polar surface area (TPSA) is 54.0 Å². The van der Waals surface area contributed by atoms with Crippen LogP contribution in [0.2, 0.25) is 5.02 Å². The number of carbonyl (C=O) groups is 1. The van der Waals surface area contributed by atoms with Gasteiger partial charge in [-0.05, 0) is 31.0 Å². The van der Waals surface area contributed by atoms with Crippen LogP contribution in [0.1, 0.15) is 19.3 Å². The lowest BCUT2D eigenvalue weighted by atomic mass is 10.0. The van der Waals surface area contributed by atoms with Gasteiger partial charge in [0.2, 0.25) is 5.91 Å². The van der Waals surface area contributed by atoms with E-state index in [0.717, 1.165) is 34.7 Å². The summed E-state index contributed by atoms with van der Waals surface area (Å²) in [5.74, 6) is 0.147. The van der Waals surface area contributed by atoms with Gasteiger partial charge < -0.3 is 10.6 Å². The van der Waals surface area contributed by atoms with Gasteiger partial charge in [0.05, 0.1) is 10.2 Å². The minimum Gasteiger partial charge on any atom is -0.359 e. The monoisotopic (exact) mass is 295 g/mol. The predicted octanol–water partition coefficient (Wildman–Crippen LogP) is 3.03. The second-order valence-corrected chi connectivity index (χ2v) is 6.14. The van der Waals surface area contributed by atoms with Crippen LogP contribution in [0.25, 0.3) is 10.2 Å². The fourth-order valence-electron chi connectivity index (χ4n) is 2.22. The Morgan fingerprint density at radius 1 is 1.53 bits per heavy atom. The molecule has 1 fully saturated rings. The normalized spacial score (nSPS) is 19.4. The van der Waals surface area contributed by atoms with Crippen molar-refractivity contribution in [3.05, 3.63) is 23.2 Å². The lowest BCUT2D eigenvalue weighted by Crippen LogP contribution is -2.42. The molecule has 0 radical (unpaired) electrons. The fourth-order valence-corrected chi connectivity index (χ4v) is 3.24. The van der Waals surface area contributed by atoms with Crippen LogP contribution in [-0.4, -0.2) is 23.5 Å². The van der Waals surface area contributed by atoms with Crippen molar-refractivity contribution in [1.82, 2.24) is 10.3 Å². The second-order valence-electron chi connectivity index (χ2n) is 4.67. The number of nitrogens with one attached hydrogen (secondary N) is 2. The zero-order valence-corrected chi connectivity index (χ0v) is 11.9. The second kappa shape index (κ2) is 5.35. The largest absolute Gasteiger partial charge is 0.359 e. The number of piperidine rings is 1. The number of amides is 1. The Morgan fingerprint density at radius 3 is 3.26 bits per heavy atom. The van der Waals surface area contributed by atoms with E-state index in [0.29, 0.717) is 11.4 Å². The first-order valence-corrected chi connectivity index (χ1v) is 7.49. The Kier molecular flexibility index (Phi) is 3.57. The molecular formula is C13H14ClN3OS. The van der Waals surface area contributed by atoms with Gasteiger partial charge in [0.25, 0.3) is 0 Å². The number of thiazole rings is 1. The maximum atomic E-state index is 11.3. The van der Waals surface area contributed by atoms with Gasteiger partial charge in [0.15, 0.2) is 5.13 Å². The van der Waals surface area contributed by atoms with Crippen LogP contribution >= 0.6 is 22.9 Å². The molecule has 3 rings (SSSR count). The van der Waals surface area contributed by atoms with E-state index < -0.39 is 0 Å². The van der Waals surface area contributed by atoms with Crippen molar-refractivity contribution >= 4 is 44.2 Å². The third kappa shape index (κ3) is 2.98. The molecule has 1 saturated heterocycles. The molecule has 100 valence electrons. The van der Waals surface area contributed by atoms with E-state index in [-0.39, 0.29) is 11.9 Å². The van der Waals surface area contributed by atoms with E-state index in [1.807, 2.05) is 18.2 Å². The van der Waals surface area contributed by atoms with Crippen LogP contribution in [0, 0.1) is 0 Å². The van der Waals surface area contributed by atoms with Crippen molar-refractivity contribution in [2.45, 2.75) is 25.3 Å². The average molecular weight is 296 g/mol. The minimum atomic E-state index is 0.147. The minimum absolute atomic E-state index is 0.147. The van der Waals surface area contributed by atoms with Crippen LogP contribution in [-0.2, 0) is 4.79 Å². The SMILES string of the molecule is O=C1CCC[C@H](CNc2nc3cc(Cl)ccc3s2)N1. The maximum Gasteiger partial charge on any atom is 0.220 e. The summed E-state index contributed by atoms with van der Waals surface area (Å²) in [5.41, 5.74) is 0.910. The van der Waals surface area contributed by atoms with E-state index in [4.69, 9.17) is 11.6 Å². The van der Waals surface area contributed by atoms with Gasteiger partial charge >= 0.3 is 0 Å². The molecule has 1 amide bonds. The highest BCUT2D eigenvalue weighted by Crippen LogP contribution is 2.28. The van der Waals surface area contributed by atoms with Gasteiger partial charge in [-0.1, -0.05) is 22.9 Å². The zero-order valence-electron chi connectivity index (χ0n) is 10.3. The Hall–Kier alpha value is -1.33. The Bertz CT molecular complexity index is 613. The number of rotatable bonds is 3. The van der Waals surface area contributed by atoms with Crippen molar-refractivity contribution in [2.24, 2.45) is 0 Å². The molecule has 4 nitrogen and oxygen atoms in total. The molecule has 2 N–H and O–H groups in total. The molecule has 0 bridgehead atoms. The molecule has 1 atom stereocenters. The number of carbonyl (C=O) groups excluding carboxylic acids is 1. The first kappa shape index (κ1) is 12.7. The molecule has 0 unspecified atom stereocenters. The quantitative estimate of drug-likeness (QED) is 0.915. The first-order chi connectivity index (χ1) is 9.20. The van der Waals surface area contributed by atoms with Gasteiger partial charge in [0, 0.05) is 24.0 Å². The van der Waals surface area contributed by atoms with Gasteiger partial charge in [-0.25, -0.2) is 4.98 Å². The summed E-state index contributed by atoms with van der Waals surface area (Å²) in [4.78, 5) is 15.8. The van der Waals surface area contributed by atoms with Crippen molar-refractivity contribution in [2.75, 3.05) is 11.9 Å². The third-order valence-corrected chi connectivity index (χ3v) is 4.40. The molecule has 1 aromatic heterocycles. The number of hydrogen-bond acceptors (Lipinski definition) is 4. The maximum absolute atomic E-state index is 11.3. The number of aromatic nitrogens is 1. The van der Waals surface area contributed by atoms with E-state index in [1.165, 1.54) is 0 Å². The highest BCUT2D eigenvalue weighted by molar-refractivity contribution is 7.22. The molecule has 2 aromatic rings. The van der Waals surface area contributed by atoms with Gasteiger partial charge in [-0.3, -0.25) is 4.79 Å². The Balaban J connectivity index is 1.66. The molecule has 19 heavy (non-hydrogen) atoms. The summed E-state index contributed by atoms with van der Waals surface area (Å²) in [6.45, 7) is 0.722. The number of hydrogen-bond donors (Lipinski definition) is 2. The molecule has 0 spiro atoms. The van der Waals surface area contributed by atoms with Crippen molar-refractivity contribution < 1.29 is 4.79 Å². The highest BCUT2D eigenvalue weighted by Gasteiger charge is 2.18. The lowest BCUT2D eigenvalue weighted by molar-refractivity contribution is -0.123. The summed E-state index contributed by atoms with van der Waals surface area (Å²) >= 11 is 7.54. The van der Waals surface area contributed by atoms with Crippen LogP contribution in [0.15, 0.2) is 18.2 Å². The first-order valence-electron chi connectivity index (χ1n) is 6.30. The summed E-state index contributed by atoms with van der Waals surface area (Å²) in [6.07, 6.45) is 2.64. The Morgan fingerprint density at radius 2 is 2.42 bits per heavy atom. The predicted molar refractivity (Wildman–Crippen MR) is 78.9 cm³/mol. The number of halogens is 1. The smallest absolute Gasteiger partial charge is 0.220 e. The van der Waals surface area contributed by atoms with E-state index >= 15 is 0 Å². The third-order valence-electron chi connectivity index (χ3n) is 3.17. The Labute approximate surface area is 120 Å². The number of nitrogens with zero attached hydrogens (tertiary/aromatic N) is 1. The number of benzene rings is 1. The fraction of sp³-hybridized carbons (Fsp3) is 0.385. The standard InChI is InChI=1S/C13H14ClN3OS/c14-8-4-5-11-10(6-8)17-13(19-11)15-7-9-2-1-3-12(18)16-9/h4-6,9H,1-3,7H2,(H,15,17)(H,16,18)/t9-/m1/s1. The summed E-state index contributed by atoms with van der Waals surface area (Å²) in [7, 11) is 0. The molecule has 0 aliphatic carbocycles. The number of anilines is 1. The summed E-state index contributed by atoms with van der Waals surface area (Å²) in [6, 6.07) is 5.91. The zero-order chi connectivity index (χ0) is 13.2. The molecule has 2 heterocycles. The highest BCUT2D eigenvalue weighted by atomic mass is 35.5. The van der Waals surface area contributed by atoms with Crippen LogP contribution in [0.4, 0.5) is 5.13 Å². The molecule has 1 aliphatic rings. The van der Waals surface area contributed by atoms with Crippen LogP contribution in [0.3, 0.4) is 0 Å². The van der Waals surface area contributed by atoms with Gasteiger partial charge in [-0.15, -0.1) is 0 Å². The van der Waals surface area contributed by atoms with E-state index in [1.54, 1.807) is 11.3 Å². The van der Waals surface area contributed by atoms with Crippen molar-refractivity contribution in [3.8, 4) is 0 Å². The molecular weight excluding hydrogens is 282 g/mol. The molecule has 6 heteroatoms. The van der Waals surface area contributed by atoms with Crippen molar-refractivity contribution in [3.63, 3.8) is 0 Å². The van der Waals surface area contributed by atoms with Crippen LogP contribution in [0.5, 0.6) is 0 Å². The average Bonchev–Trinajstić information content (AvgIpc) is 2.78. The van der Waals surface area contributed by atoms with Crippen LogP contribution < -0.4 is 10.6 Å².